The van der Waals surface area contributed by atoms with Crippen molar-refractivity contribution in [2.45, 2.75) is 38.5 Å². The first-order valence-corrected chi connectivity index (χ1v) is 13.1. The molecule has 0 radical (unpaired) electrons. The molecule has 0 saturated carbocycles. The summed E-state index contributed by atoms with van der Waals surface area (Å²) in [7, 11) is 0. The van der Waals surface area contributed by atoms with Crippen LogP contribution in [0.15, 0.2) is 41.3 Å². The first-order valence-electron chi connectivity index (χ1n) is 11.9. The number of morpholine rings is 1. The van der Waals surface area contributed by atoms with Crippen LogP contribution in [0.5, 0.6) is 5.75 Å². The van der Waals surface area contributed by atoms with Gasteiger partial charge in [-0.25, -0.2) is 4.98 Å². The molecule has 1 aromatic carbocycles. The molecule has 0 aliphatic carbocycles. The van der Waals surface area contributed by atoms with E-state index in [4.69, 9.17) is 25.5 Å². The topological polar surface area (TPSA) is 80.9 Å². The Morgan fingerprint density at radius 2 is 2.06 bits per heavy atom. The number of nitrogens with zero attached hydrogens (tertiary/aromatic N) is 3. The van der Waals surface area contributed by atoms with Crippen LogP contribution in [0.1, 0.15) is 47.4 Å². The number of aromatic nitrogens is 2. The van der Waals surface area contributed by atoms with Crippen molar-refractivity contribution in [2.75, 3.05) is 26.3 Å². The van der Waals surface area contributed by atoms with Gasteiger partial charge < -0.3 is 19.0 Å². The van der Waals surface area contributed by atoms with Crippen molar-refractivity contribution in [2.24, 2.45) is 0 Å². The number of ether oxygens (including phenoxy) is 2. The molecular formula is C26H26ClN3O4S. The molecule has 1 N–H and O–H groups in total. The van der Waals surface area contributed by atoms with Crippen LogP contribution in [0, 0.1) is 0 Å². The molecule has 9 heteroatoms. The first kappa shape index (κ1) is 22.9. The number of benzene rings is 1. The molecule has 182 valence electrons. The highest BCUT2D eigenvalue weighted by Gasteiger charge is 2.33. The summed E-state index contributed by atoms with van der Waals surface area (Å²) in [4.78, 5) is 12.3. The van der Waals surface area contributed by atoms with Crippen molar-refractivity contribution in [1.29, 1.82) is 0 Å². The minimum Gasteiger partial charge on any atom is -0.481 e. The van der Waals surface area contributed by atoms with Crippen molar-refractivity contribution >= 4 is 33.2 Å². The average molecular weight is 512 g/mol. The molecule has 1 saturated heterocycles. The number of rotatable bonds is 6. The third kappa shape index (κ3) is 4.34. The minimum atomic E-state index is -0.496. The summed E-state index contributed by atoms with van der Waals surface area (Å²) in [6.45, 7) is 5.91. The Hall–Kier alpha value is -2.49. The Labute approximate surface area is 212 Å². The number of hydrogen-bond donors (Lipinski definition) is 1. The number of thiophene rings is 1. The Morgan fingerprint density at radius 1 is 1.20 bits per heavy atom. The number of halogens is 1. The van der Waals surface area contributed by atoms with Crippen LogP contribution in [0.2, 0.25) is 5.02 Å². The molecule has 1 fully saturated rings. The first-order chi connectivity index (χ1) is 17.1. The van der Waals surface area contributed by atoms with Crippen molar-refractivity contribution in [1.82, 2.24) is 14.9 Å². The minimum absolute atomic E-state index is 0.265. The van der Waals surface area contributed by atoms with Crippen molar-refractivity contribution < 1.29 is 19.0 Å². The summed E-state index contributed by atoms with van der Waals surface area (Å²) in [5.74, 6) is 1.57. The van der Waals surface area contributed by atoms with Gasteiger partial charge in [0.2, 0.25) is 0 Å². The van der Waals surface area contributed by atoms with E-state index >= 15 is 0 Å². The molecule has 4 aromatic rings. The molecule has 2 aliphatic rings. The molecule has 5 heterocycles. The maximum absolute atomic E-state index is 10.4. The predicted molar refractivity (Wildman–Crippen MR) is 135 cm³/mol. The van der Waals surface area contributed by atoms with E-state index in [1.54, 1.807) is 17.5 Å². The lowest BCUT2D eigenvalue weighted by Crippen LogP contribution is -2.36. The van der Waals surface area contributed by atoms with Gasteiger partial charge in [0.05, 0.1) is 29.5 Å². The number of hydrogen-bond acceptors (Lipinski definition) is 8. The van der Waals surface area contributed by atoms with Gasteiger partial charge in [0.25, 0.3) is 0 Å². The van der Waals surface area contributed by atoms with Gasteiger partial charge in [-0.1, -0.05) is 18.5 Å². The summed E-state index contributed by atoms with van der Waals surface area (Å²) >= 11 is 8.15. The Balaban J connectivity index is 1.35. The number of pyridine rings is 1. The smallest absolute Gasteiger partial charge is 0.181 e. The highest BCUT2D eigenvalue weighted by Crippen LogP contribution is 2.48. The van der Waals surface area contributed by atoms with Crippen LogP contribution in [-0.4, -0.2) is 46.3 Å². The lowest BCUT2D eigenvalue weighted by Gasteiger charge is -2.26. The van der Waals surface area contributed by atoms with Crippen LogP contribution >= 0.6 is 22.9 Å². The second kappa shape index (κ2) is 9.52. The molecule has 6 rings (SSSR count). The molecular weight excluding hydrogens is 486 g/mol. The second-order valence-corrected chi connectivity index (χ2v) is 10.5. The highest BCUT2D eigenvalue weighted by molar-refractivity contribution is 7.19. The van der Waals surface area contributed by atoms with E-state index in [0.717, 1.165) is 75.3 Å². The zero-order valence-electron chi connectivity index (χ0n) is 19.4. The average Bonchev–Trinajstić information content (AvgIpc) is 3.61. The van der Waals surface area contributed by atoms with E-state index < -0.39 is 6.10 Å². The van der Waals surface area contributed by atoms with Crippen LogP contribution in [0.3, 0.4) is 0 Å². The van der Waals surface area contributed by atoms with Crippen molar-refractivity contribution in [3.8, 4) is 16.9 Å². The maximum Gasteiger partial charge on any atom is 0.181 e. The van der Waals surface area contributed by atoms with Gasteiger partial charge in [0, 0.05) is 58.8 Å². The van der Waals surface area contributed by atoms with Gasteiger partial charge in [-0.05, 0) is 30.7 Å². The fraction of sp³-hybridized carbons (Fsp3) is 0.385. The van der Waals surface area contributed by atoms with Gasteiger partial charge >= 0.3 is 0 Å². The highest BCUT2D eigenvalue weighted by atomic mass is 35.5. The number of aliphatic hydroxyl groups excluding tert-OH is 1. The zero-order valence-corrected chi connectivity index (χ0v) is 20.9. The standard InChI is InChI=1S/C26H26ClN3O4S/c1-2-21(31)23-12-19-26(35-23)17(3-4-28-19)18-11-16(27)9-15-10-22(34-24(15)18)25-20(29-14-33-25)13-30-5-7-32-8-6-30/h3-4,9,11-12,14,21-22,31H,2,5-8,10,13H2,1H3. The lowest BCUT2D eigenvalue weighted by molar-refractivity contribution is 0.0331. The van der Waals surface area contributed by atoms with E-state index in [0.29, 0.717) is 24.4 Å². The fourth-order valence-electron chi connectivity index (χ4n) is 4.83. The summed E-state index contributed by atoms with van der Waals surface area (Å²) < 4.78 is 18.9. The second-order valence-electron chi connectivity index (χ2n) is 8.95. The molecule has 35 heavy (non-hydrogen) atoms. The Bertz CT molecular complexity index is 1360. The third-order valence-electron chi connectivity index (χ3n) is 6.67. The van der Waals surface area contributed by atoms with Gasteiger partial charge in [0.1, 0.15) is 11.4 Å². The molecule has 2 unspecified atom stereocenters. The number of aliphatic hydroxyl groups is 1. The van der Waals surface area contributed by atoms with Gasteiger partial charge in [-0.2, -0.15) is 0 Å². The molecule has 0 amide bonds. The van der Waals surface area contributed by atoms with Crippen LogP contribution in [0.25, 0.3) is 21.3 Å². The zero-order chi connectivity index (χ0) is 23.9. The Morgan fingerprint density at radius 3 is 2.89 bits per heavy atom. The largest absolute Gasteiger partial charge is 0.481 e. The normalized spacial score (nSPS) is 19.1. The van der Waals surface area contributed by atoms with Crippen molar-refractivity contribution in [3.63, 3.8) is 0 Å². The Kier molecular flexibility index (Phi) is 6.24. The monoisotopic (exact) mass is 511 g/mol. The SMILES string of the molecule is CCC(O)c1cc2nccc(-c3cc(Cl)cc4c3OC(c3ocnc3CN3CCOCC3)C4)c2s1. The lowest BCUT2D eigenvalue weighted by atomic mass is 10.00. The molecule has 2 aliphatic heterocycles. The van der Waals surface area contributed by atoms with E-state index in [-0.39, 0.29) is 6.10 Å². The van der Waals surface area contributed by atoms with Gasteiger partial charge in [-0.3, -0.25) is 9.88 Å². The van der Waals surface area contributed by atoms with E-state index in [1.165, 1.54) is 6.39 Å². The van der Waals surface area contributed by atoms with Crippen LogP contribution < -0.4 is 4.74 Å². The van der Waals surface area contributed by atoms with E-state index in [1.807, 2.05) is 31.2 Å². The number of fused-ring (bicyclic) bond motifs is 2. The van der Waals surface area contributed by atoms with Gasteiger partial charge in [-0.15, -0.1) is 11.3 Å². The molecule has 3 aromatic heterocycles. The predicted octanol–water partition coefficient (Wildman–Crippen LogP) is 5.56. The van der Waals surface area contributed by atoms with Crippen LogP contribution in [-0.2, 0) is 17.7 Å². The molecule has 2 atom stereocenters. The van der Waals surface area contributed by atoms with Crippen molar-refractivity contribution in [3.05, 3.63) is 63.8 Å². The summed E-state index contributed by atoms with van der Waals surface area (Å²) in [6.07, 6.45) is 3.85. The third-order valence-corrected chi connectivity index (χ3v) is 8.15. The van der Waals surface area contributed by atoms with Gasteiger partial charge in [0.15, 0.2) is 18.3 Å². The molecule has 0 spiro atoms. The summed E-state index contributed by atoms with van der Waals surface area (Å²) in [5.41, 5.74) is 4.74. The van der Waals surface area contributed by atoms with E-state index in [2.05, 4.69) is 14.9 Å². The molecule has 7 nitrogen and oxygen atoms in total. The maximum atomic E-state index is 10.4. The molecule has 0 bridgehead atoms. The van der Waals surface area contributed by atoms with Crippen LogP contribution in [0.4, 0.5) is 0 Å². The van der Waals surface area contributed by atoms with E-state index in [9.17, 15) is 5.11 Å². The summed E-state index contributed by atoms with van der Waals surface area (Å²) in [5, 5.41) is 11.0. The number of oxazole rings is 1. The quantitative estimate of drug-likeness (QED) is 0.363. The summed E-state index contributed by atoms with van der Waals surface area (Å²) in [6, 6.07) is 7.88. The fourth-order valence-corrected chi connectivity index (χ4v) is 6.29.